The smallest absolute Gasteiger partial charge is 0.265 e. The standard InChI is InChI=1S/C27H30N4O4/c1-19-10-11-22-21(17-19)31(24(33)18-34-22)14-6-9-23(32)30-15-12-27(2,13-16-30)26-28-25(35-29-26)20-7-4-3-5-8-20/h3-5,7-8,10-11,17H,6,9,12-16,18H2,1-2H3. The van der Waals surface area contributed by atoms with Crippen molar-refractivity contribution in [2.75, 3.05) is 31.1 Å². The number of hydrogen-bond donors (Lipinski definition) is 0. The summed E-state index contributed by atoms with van der Waals surface area (Å²) in [6, 6.07) is 15.6. The molecule has 2 aromatic carbocycles. The van der Waals surface area contributed by atoms with Crippen molar-refractivity contribution in [1.82, 2.24) is 15.0 Å². The number of benzene rings is 2. The van der Waals surface area contributed by atoms with Gasteiger partial charge in [0.05, 0.1) is 5.69 Å². The highest BCUT2D eigenvalue weighted by Crippen LogP contribution is 2.35. The number of rotatable bonds is 6. The molecule has 35 heavy (non-hydrogen) atoms. The molecule has 0 aliphatic carbocycles. The van der Waals surface area contributed by atoms with Crippen molar-refractivity contribution in [3.05, 3.63) is 59.9 Å². The normalized spacial score (nSPS) is 17.1. The molecule has 1 saturated heterocycles. The highest BCUT2D eigenvalue weighted by molar-refractivity contribution is 5.98. The molecule has 2 amide bonds. The number of anilines is 1. The fourth-order valence-corrected chi connectivity index (χ4v) is 4.74. The van der Waals surface area contributed by atoms with E-state index in [1.54, 1.807) is 4.90 Å². The average Bonchev–Trinajstić information content (AvgIpc) is 3.38. The quantitative estimate of drug-likeness (QED) is 0.534. The first-order chi connectivity index (χ1) is 16.9. The fourth-order valence-electron chi connectivity index (χ4n) is 4.74. The van der Waals surface area contributed by atoms with Crippen LogP contribution in [-0.4, -0.2) is 53.1 Å². The first-order valence-corrected chi connectivity index (χ1v) is 12.1. The number of hydrogen-bond acceptors (Lipinski definition) is 6. The molecule has 3 aromatic rings. The summed E-state index contributed by atoms with van der Waals surface area (Å²) in [5.41, 5.74) is 2.53. The maximum Gasteiger partial charge on any atom is 0.265 e. The molecule has 8 nitrogen and oxygen atoms in total. The molecule has 0 atom stereocenters. The van der Waals surface area contributed by atoms with Gasteiger partial charge in [0, 0.05) is 37.0 Å². The summed E-state index contributed by atoms with van der Waals surface area (Å²) in [6.45, 7) is 5.98. The van der Waals surface area contributed by atoms with Gasteiger partial charge in [0.2, 0.25) is 5.91 Å². The average molecular weight is 475 g/mol. The summed E-state index contributed by atoms with van der Waals surface area (Å²) in [5.74, 6) is 1.99. The van der Waals surface area contributed by atoms with E-state index in [-0.39, 0.29) is 23.8 Å². The second-order valence-corrected chi connectivity index (χ2v) is 9.64. The van der Waals surface area contributed by atoms with Crippen LogP contribution in [0.3, 0.4) is 0 Å². The Labute approximate surface area is 204 Å². The van der Waals surface area contributed by atoms with Gasteiger partial charge < -0.3 is 19.1 Å². The zero-order valence-corrected chi connectivity index (χ0v) is 20.2. The molecule has 0 unspecified atom stereocenters. The highest BCUT2D eigenvalue weighted by Gasteiger charge is 2.37. The van der Waals surface area contributed by atoms with Gasteiger partial charge in [0.1, 0.15) is 5.75 Å². The SMILES string of the molecule is Cc1ccc2c(c1)N(CCCC(=O)N1CCC(C)(c3noc(-c4ccccc4)n3)CC1)C(=O)CO2. The highest BCUT2D eigenvalue weighted by atomic mass is 16.5. The van der Waals surface area contributed by atoms with Crippen molar-refractivity contribution in [2.24, 2.45) is 0 Å². The van der Waals surface area contributed by atoms with Crippen LogP contribution in [0.2, 0.25) is 0 Å². The maximum atomic E-state index is 12.9. The number of aryl methyl sites for hydroxylation is 1. The van der Waals surface area contributed by atoms with E-state index in [1.807, 2.05) is 60.4 Å². The molecule has 1 aromatic heterocycles. The third-order valence-electron chi connectivity index (χ3n) is 7.04. The van der Waals surface area contributed by atoms with Crippen molar-refractivity contribution in [3.8, 4) is 17.2 Å². The molecule has 0 radical (unpaired) electrons. The van der Waals surface area contributed by atoms with E-state index in [9.17, 15) is 9.59 Å². The van der Waals surface area contributed by atoms with Gasteiger partial charge in [-0.1, -0.05) is 36.3 Å². The second kappa shape index (κ2) is 9.52. The van der Waals surface area contributed by atoms with Gasteiger partial charge in [-0.25, -0.2) is 0 Å². The Balaban J connectivity index is 1.14. The Morgan fingerprint density at radius 2 is 1.89 bits per heavy atom. The van der Waals surface area contributed by atoms with Crippen LogP contribution in [0, 0.1) is 6.92 Å². The van der Waals surface area contributed by atoms with E-state index in [0.717, 1.165) is 29.7 Å². The van der Waals surface area contributed by atoms with Crippen LogP contribution in [-0.2, 0) is 15.0 Å². The van der Waals surface area contributed by atoms with Gasteiger partial charge in [-0.2, -0.15) is 4.98 Å². The molecule has 3 heterocycles. The topological polar surface area (TPSA) is 88.8 Å². The number of amides is 2. The molecule has 0 spiro atoms. The lowest BCUT2D eigenvalue weighted by molar-refractivity contribution is -0.133. The molecule has 8 heteroatoms. The van der Waals surface area contributed by atoms with Crippen LogP contribution in [0.25, 0.3) is 11.5 Å². The third kappa shape index (κ3) is 4.78. The number of carbonyl (C=O) groups is 2. The lowest BCUT2D eigenvalue weighted by Crippen LogP contribution is -2.44. The predicted molar refractivity (Wildman–Crippen MR) is 131 cm³/mol. The van der Waals surface area contributed by atoms with Gasteiger partial charge >= 0.3 is 0 Å². The van der Waals surface area contributed by atoms with Gasteiger partial charge in [-0.3, -0.25) is 9.59 Å². The van der Waals surface area contributed by atoms with Gasteiger partial charge in [0.15, 0.2) is 12.4 Å². The first-order valence-electron chi connectivity index (χ1n) is 12.1. The third-order valence-corrected chi connectivity index (χ3v) is 7.04. The molecular formula is C27H30N4O4. The number of piperidine rings is 1. The number of carbonyl (C=O) groups excluding carboxylic acids is 2. The van der Waals surface area contributed by atoms with Crippen LogP contribution in [0.1, 0.15) is 44.0 Å². The van der Waals surface area contributed by atoms with Crippen LogP contribution in [0.4, 0.5) is 5.69 Å². The van der Waals surface area contributed by atoms with Crippen LogP contribution < -0.4 is 9.64 Å². The van der Waals surface area contributed by atoms with Crippen molar-refractivity contribution in [3.63, 3.8) is 0 Å². The summed E-state index contributed by atoms with van der Waals surface area (Å²) >= 11 is 0. The molecule has 2 aliphatic rings. The lowest BCUT2D eigenvalue weighted by Gasteiger charge is -2.37. The molecule has 1 fully saturated rings. The van der Waals surface area contributed by atoms with Crippen molar-refractivity contribution < 1.29 is 18.8 Å². The summed E-state index contributed by atoms with van der Waals surface area (Å²) in [5, 5.41) is 4.25. The molecular weight excluding hydrogens is 444 g/mol. The summed E-state index contributed by atoms with van der Waals surface area (Å²) in [6.07, 6.45) is 2.57. The minimum Gasteiger partial charge on any atom is -0.482 e. The Kier molecular flexibility index (Phi) is 6.28. The number of likely N-dealkylation sites (tertiary alicyclic amines) is 1. The summed E-state index contributed by atoms with van der Waals surface area (Å²) < 4.78 is 11.1. The second-order valence-electron chi connectivity index (χ2n) is 9.64. The van der Waals surface area contributed by atoms with Crippen molar-refractivity contribution in [2.45, 2.75) is 44.9 Å². The summed E-state index contributed by atoms with van der Waals surface area (Å²) in [7, 11) is 0. The number of nitrogens with zero attached hydrogens (tertiary/aromatic N) is 4. The molecule has 182 valence electrons. The van der Waals surface area contributed by atoms with Gasteiger partial charge in [-0.15, -0.1) is 0 Å². The van der Waals surface area contributed by atoms with Crippen LogP contribution in [0.15, 0.2) is 53.1 Å². The molecule has 5 rings (SSSR count). The number of fused-ring (bicyclic) bond motifs is 1. The monoisotopic (exact) mass is 474 g/mol. The number of aromatic nitrogens is 2. The van der Waals surface area contributed by atoms with Gasteiger partial charge in [0.25, 0.3) is 11.8 Å². The zero-order chi connectivity index (χ0) is 24.4. The van der Waals surface area contributed by atoms with Crippen molar-refractivity contribution >= 4 is 17.5 Å². The minimum atomic E-state index is -0.227. The Bertz CT molecular complexity index is 1210. The maximum absolute atomic E-state index is 12.9. The van der Waals surface area contributed by atoms with E-state index in [1.165, 1.54) is 0 Å². The van der Waals surface area contributed by atoms with Gasteiger partial charge in [-0.05, 0) is 56.0 Å². The van der Waals surface area contributed by atoms with E-state index in [0.29, 0.717) is 49.9 Å². The first kappa shape index (κ1) is 23.1. The summed E-state index contributed by atoms with van der Waals surface area (Å²) in [4.78, 5) is 33.6. The Hall–Kier alpha value is -3.68. The molecule has 0 bridgehead atoms. The van der Waals surface area contributed by atoms with E-state index >= 15 is 0 Å². The zero-order valence-electron chi connectivity index (χ0n) is 20.2. The fraction of sp³-hybridized carbons (Fsp3) is 0.407. The predicted octanol–water partition coefficient (Wildman–Crippen LogP) is 4.13. The van der Waals surface area contributed by atoms with Crippen LogP contribution >= 0.6 is 0 Å². The largest absolute Gasteiger partial charge is 0.482 e. The van der Waals surface area contributed by atoms with Crippen molar-refractivity contribution in [1.29, 1.82) is 0 Å². The Morgan fingerprint density at radius 1 is 1.11 bits per heavy atom. The molecule has 0 saturated carbocycles. The van der Waals surface area contributed by atoms with E-state index in [2.05, 4.69) is 17.1 Å². The van der Waals surface area contributed by atoms with E-state index in [4.69, 9.17) is 9.26 Å². The minimum absolute atomic E-state index is 0.0385. The van der Waals surface area contributed by atoms with E-state index < -0.39 is 0 Å². The molecule has 2 aliphatic heterocycles. The van der Waals surface area contributed by atoms with Crippen LogP contribution in [0.5, 0.6) is 5.75 Å². The molecule has 0 N–H and O–H groups in total. The Morgan fingerprint density at radius 3 is 2.66 bits per heavy atom. The number of ether oxygens (including phenoxy) is 1. The lowest BCUT2D eigenvalue weighted by atomic mass is 9.79.